The van der Waals surface area contributed by atoms with Crippen molar-refractivity contribution in [2.75, 3.05) is 18.4 Å². The summed E-state index contributed by atoms with van der Waals surface area (Å²) in [4.78, 5) is 54.8. The number of nitrogens with two attached hydrogens (primary N) is 2. The van der Waals surface area contributed by atoms with Gasteiger partial charge in [0.25, 0.3) is 0 Å². The number of carbonyl (C=O) groups excluding carboxylic acids is 2. The van der Waals surface area contributed by atoms with Crippen LogP contribution in [0.4, 0.5) is 19.0 Å². The molecular weight excluding hydrogens is 647 g/mol. The first kappa shape index (κ1) is 39.5. The fourth-order valence-electron chi connectivity index (χ4n) is 4.37. The highest BCUT2D eigenvalue weighted by Crippen LogP contribution is 2.24. The number of carboxylic acid groups (broad SMARTS) is 2. The van der Waals surface area contributed by atoms with Gasteiger partial charge in [0.1, 0.15) is 11.9 Å². The minimum Gasteiger partial charge on any atom is -0.481 e. The van der Waals surface area contributed by atoms with E-state index in [2.05, 4.69) is 25.9 Å². The van der Waals surface area contributed by atoms with Crippen LogP contribution in [0.2, 0.25) is 0 Å². The molecular formula is C33H40F3N7O6. The fourth-order valence-corrected chi connectivity index (χ4v) is 4.37. The van der Waals surface area contributed by atoms with Crippen molar-refractivity contribution in [1.82, 2.24) is 15.6 Å². The minimum absolute atomic E-state index is 0.0557. The number of unbranched alkanes of at least 4 members (excludes halogenated alkanes) is 1. The molecule has 0 aliphatic rings. The first-order valence-corrected chi connectivity index (χ1v) is 15.2. The lowest BCUT2D eigenvalue weighted by Crippen LogP contribution is -2.48. The molecule has 0 aliphatic carbocycles. The van der Waals surface area contributed by atoms with Gasteiger partial charge in [0.05, 0.1) is 12.5 Å². The molecule has 0 spiro atoms. The van der Waals surface area contributed by atoms with E-state index < -0.39 is 36.1 Å². The van der Waals surface area contributed by atoms with Gasteiger partial charge in [-0.05, 0) is 54.5 Å². The Labute approximate surface area is 281 Å². The summed E-state index contributed by atoms with van der Waals surface area (Å²) in [5, 5.41) is 25.5. The van der Waals surface area contributed by atoms with Gasteiger partial charge in [-0.25, -0.2) is 9.78 Å². The maximum absolute atomic E-state index is 13.4. The molecule has 9 N–H and O–H groups in total. The molecule has 2 amide bonds. The van der Waals surface area contributed by atoms with E-state index >= 15 is 0 Å². The maximum atomic E-state index is 13.4. The van der Waals surface area contributed by atoms with Gasteiger partial charge in [0, 0.05) is 25.7 Å². The van der Waals surface area contributed by atoms with Gasteiger partial charge >= 0.3 is 18.1 Å². The predicted octanol–water partition coefficient (Wildman–Crippen LogP) is 3.83. The number of rotatable bonds is 17. The van der Waals surface area contributed by atoms with Crippen LogP contribution in [-0.2, 0) is 19.2 Å². The molecule has 13 nitrogen and oxygen atoms in total. The molecule has 2 aromatic carbocycles. The third-order valence-corrected chi connectivity index (χ3v) is 6.76. The minimum atomic E-state index is -5.08. The summed E-state index contributed by atoms with van der Waals surface area (Å²) >= 11 is 0. The normalized spacial score (nSPS) is 11.9. The summed E-state index contributed by atoms with van der Waals surface area (Å²) in [5.74, 6) is -3.84. The van der Waals surface area contributed by atoms with Gasteiger partial charge < -0.3 is 37.6 Å². The molecule has 1 heterocycles. The maximum Gasteiger partial charge on any atom is 0.490 e. The number of alkyl halides is 3. The number of hydrogen-bond donors (Lipinski definition) is 7. The number of amides is 2. The lowest BCUT2D eigenvalue weighted by molar-refractivity contribution is -0.192. The Morgan fingerprint density at radius 2 is 1.47 bits per heavy atom. The lowest BCUT2D eigenvalue weighted by Gasteiger charge is -2.23. The summed E-state index contributed by atoms with van der Waals surface area (Å²) < 4.78 is 31.7. The quantitative estimate of drug-likeness (QED) is 0.0617. The molecule has 0 bridgehead atoms. The van der Waals surface area contributed by atoms with Gasteiger partial charge in [0.2, 0.25) is 11.8 Å². The van der Waals surface area contributed by atoms with Crippen LogP contribution in [0.1, 0.15) is 50.1 Å². The Morgan fingerprint density at radius 1 is 0.837 bits per heavy atom. The Kier molecular flexibility index (Phi) is 16.6. The molecule has 2 atom stereocenters. The monoisotopic (exact) mass is 687 g/mol. The van der Waals surface area contributed by atoms with Gasteiger partial charge in [-0.2, -0.15) is 13.2 Å². The van der Waals surface area contributed by atoms with Crippen LogP contribution < -0.4 is 27.4 Å². The average molecular weight is 688 g/mol. The highest BCUT2D eigenvalue weighted by Gasteiger charge is 2.38. The highest BCUT2D eigenvalue weighted by molar-refractivity contribution is 5.88. The van der Waals surface area contributed by atoms with Gasteiger partial charge in [-0.15, -0.1) is 0 Å². The van der Waals surface area contributed by atoms with E-state index in [9.17, 15) is 32.7 Å². The molecule has 0 aliphatic heterocycles. The number of pyridine rings is 1. The smallest absolute Gasteiger partial charge is 0.481 e. The van der Waals surface area contributed by atoms with Crippen molar-refractivity contribution in [3.63, 3.8) is 0 Å². The number of halogens is 3. The SMILES string of the molecule is NC(N)=NCCC[C@@H](NC(=O)CCCCNc1ccccn1)C(=O)NC(CC(=O)O)c1ccc(-c2ccccc2)cc1.O=C(O)C(F)(F)F. The summed E-state index contributed by atoms with van der Waals surface area (Å²) in [6.07, 6.45) is -1.37. The van der Waals surface area contributed by atoms with Crippen molar-refractivity contribution in [2.24, 2.45) is 16.5 Å². The molecule has 1 aromatic heterocycles. The number of aliphatic carboxylic acids is 2. The van der Waals surface area contributed by atoms with Crippen molar-refractivity contribution in [1.29, 1.82) is 0 Å². The van der Waals surface area contributed by atoms with E-state index in [4.69, 9.17) is 21.4 Å². The number of nitrogens with zero attached hydrogens (tertiary/aromatic N) is 2. The second-order valence-corrected chi connectivity index (χ2v) is 10.6. The second-order valence-electron chi connectivity index (χ2n) is 10.6. The third kappa shape index (κ3) is 16.1. The number of hydrogen-bond acceptors (Lipinski definition) is 7. The Hall–Kier alpha value is -5.67. The fraction of sp³-hybridized carbons (Fsp3) is 0.333. The summed E-state index contributed by atoms with van der Waals surface area (Å²) in [6, 6.07) is 21.1. The van der Waals surface area contributed by atoms with Crippen molar-refractivity contribution in [2.45, 2.75) is 56.8 Å². The highest BCUT2D eigenvalue weighted by atomic mass is 19.4. The van der Waals surface area contributed by atoms with E-state index in [1.807, 2.05) is 72.8 Å². The van der Waals surface area contributed by atoms with E-state index in [1.165, 1.54) is 0 Å². The zero-order valence-electron chi connectivity index (χ0n) is 26.5. The molecule has 0 fully saturated rings. The molecule has 49 heavy (non-hydrogen) atoms. The Morgan fingerprint density at radius 3 is 2.04 bits per heavy atom. The van der Waals surface area contributed by atoms with E-state index in [0.717, 1.165) is 23.4 Å². The molecule has 264 valence electrons. The number of guanidine groups is 1. The predicted molar refractivity (Wildman–Crippen MR) is 177 cm³/mol. The van der Waals surface area contributed by atoms with Crippen molar-refractivity contribution in [3.05, 3.63) is 84.6 Å². The molecule has 1 unspecified atom stereocenters. The second kappa shape index (κ2) is 20.5. The number of anilines is 1. The van der Waals surface area contributed by atoms with Crippen LogP contribution in [-0.4, -0.2) is 70.2 Å². The van der Waals surface area contributed by atoms with Crippen LogP contribution in [0.5, 0.6) is 0 Å². The van der Waals surface area contributed by atoms with E-state index in [1.54, 1.807) is 6.20 Å². The number of aliphatic imine (C=N–C) groups is 1. The topological polar surface area (TPSA) is 222 Å². The third-order valence-electron chi connectivity index (χ3n) is 6.76. The summed E-state index contributed by atoms with van der Waals surface area (Å²) in [7, 11) is 0. The van der Waals surface area contributed by atoms with E-state index in [-0.39, 0.29) is 31.1 Å². The first-order valence-electron chi connectivity index (χ1n) is 15.2. The van der Waals surface area contributed by atoms with Gasteiger partial charge in [-0.3, -0.25) is 19.4 Å². The number of benzene rings is 2. The average Bonchev–Trinajstić information content (AvgIpc) is 3.06. The standard InChI is InChI=1S/C31H39N7O4.C2HF3O2/c32-31(33)36-20-8-11-25(37-28(39)13-5-7-19-35-27-12-4-6-18-34-27)30(42)38-26(21-29(40)41)24-16-14-23(15-17-24)22-9-2-1-3-10-22;3-2(4,5)1(6)7/h1-4,6,9-10,12,14-18,25-26H,5,7-8,11,13,19-21H2,(H,34,35)(H,37,39)(H,38,42)(H,40,41)(H4,32,33,36);(H,6,7)/t25-,26?;/m1./s1. The van der Waals surface area contributed by atoms with Gasteiger partial charge in [-0.1, -0.05) is 60.7 Å². The van der Waals surface area contributed by atoms with Crippen molar-refractivity contribution >= 4 is 35.5 Å². The number of carboxylic acids is 2. The number of nitrogens with one attached hydrogen (secondary N) is 3. The largest absolute Gasteiger partial charge is 0.490 e. The summed E-state index contributed by atoms with van der Waals surface area (Å²) in [5.41, 5.74) is 13.5. The first-order chi connectivity index (χ1) is 23.3. The zero-order valence-corrected chi connectivity index (χ0v) is 26.5. The van der Waals surface area contributed by atoms with Crippen LogP contribution >= 0.6 is 0 Å². The van der Waals surface area contributed by atoms with Gasteiger partial charge in [0.15, 0.2) is 5.96 Å². The van der Waals surface area contributed by atoms with Crippen molar-refractivity contribution < 1.29 is 42.6 Å². The number of carbonyl (C=O) groups is 4. The van der Waals surface area contributed by atoms with Crippen LogP contribution in [0.25, 0.3) is 11.1 Å². The van der Waals surface area contributed by atoms with Crippen LogP contribution in [0.3, 0.4) is 0 Å². The lowest BCUT2D eigenvalue weighted by atomic mass is 9.98. The van der Waals surface area contributed by atoms with Crippen LogP contribution in [0, 0.1) is 0 Å². The molecule has 0 radical (unpaired) electrons. The van der Waals surface area contributed by atoms with Crippen LogP contribution in [0.15, 0.2) is 84.0 Å². The summed E-state index contributed by atoms with van der Waals surface area (Å²) in [6.45, 7) is 0.952. The molecule has 0 saturated carbocycles. The Balaban J connectivity index is 0.00000107. The van der Waals surface area contributed by atoms with Crippen molar-refractivity contribution in [3.8, 4) is 11.1 Å². The van der Waals surface area contributed by atoms with E-state index in [0.29, 0.717) is 31.5 Å². The number of aromatic nitrogens is 1. The Bertz CT molecular complexity index is 1500. The molecule has 0 saturated heterocycles. The zero-order chi connectivity index (χ0) is 36.2. The molecule has 3 aromatic rings. The molecule has 16 heteroatoms. The molecule has 3 rings (SSSR count).